The van der Waals surface area contributed by atoms with Gasteiger partial charge >= 0.3 is 0 Å². The zero-order valence-corrected chi connectivity index (χ0v) is 9.01. The Labute approximate surface area is 77.1 Å². The van der Waals surface area contributed by atoms with Gasteiger partial charge in [-0.25, -0.2) is 0 Å². The van der Waals surface area contributed by atoms with Crippen molar-refractivity contribution >= 4 is 0 Å². The maximum Gasteiger partial charge on any atom is 0.00896 e. The molecule has 2 unspecified atom stereocenters. The highest BCUT2D eigenvalue weighted by Gasteiger charge is 2.10. The highest BCUT2D eigenvalue weighted by atomic mass is 15.1. The van der Waals surface area contributed by atoms with Gasteiger partial charge in [-0.1, -0.05) is 13.3 Å². The zero-order valence-electron chi connectivity index (χ0n) is 9.01. The largest absolute Gasteiger partial charge is 0.328 e. The molecule has 0 aromatic heterocycles. The lowest BCUT2D eigenvalue weighted by Crippen LogP contribution is -2.29. The summed E-state index contributed by atoms with van der Waals surface area (Å²) in [6, 6.07) is 1.07. The standard InChI is InChI=1S/C10H24N2/c1-5-6-10(12(3)4)8-7-9(2)11/h9-10H,5-8,11H2,1-4H3. The first-order valence-electron chi connectivity index (χ1n) is 5.00. The third kappa shape index (κ3) is 5.56. The first kappa shape index (κ1) is 11.9. The minimum absolute atomic E-state index is 0.351. The topological polar surface area (TPSA) is 29.3 Å². The Morgan fingerprint density at radius 2 is 1.75 bits per heavy atom. The molecule has 0 heterocycles. The summed E-state index contributed by atoms with van der Waals surface area (Å²) >= 11 is 0. The van der Waals surface area contributed by atoms with Gasteiger partial charge in [-0.2, -0.15) is 0 Å². The first-order valence-corrected chi connectivity index (χ1v) is 5.00. The summed E-state index contributed by atoms with van der Waals surface area (Å²) in [7, 11) is 4.31. The molecule has 12 heavy (non-hydrogen) atoms. The normalized spacial score (nSPS) is 16.5. The lowest BCUT2D eigenvalue weighted by molar-refractivity contribution is 0.254. The van der Waals surface area contributed by atoms with E-state index in [1.165, 1.54) is 19.3 Å². The van der Waals surface area contributed by atoms with Gasteiger partial charge in [0.2, 0.25) is 0 Å². The van der Waals surface area contributed by atoms with Crippen LogP contribution in [0.25, 0.3) is 0 Å². The SMILES string of the molecule is CCCC(CCC(C)N)N(C)C. The van der Waals surface area contributed by atoms with Crippen LogP contribution in [0.1, 0.15) is 39.5 Å². The monoisotopic (exact) mass is 172 g/mol. The average molecular weight is 172 g/mol. The molecular weight excluding hydrogens is 148 g/mol. The second-order valence-corrected chi connectivity index (χ2v) is 3.96. The van der Waals surface area contributed by atoms with Crippen molar-refractivity contribution in [3.8, 4) is 0 Å². The van der Waals surface area contributed by atoms with Crippen LogP contribution in [0.15, 0.2) is 0 Å². The predicted molar refractivity (Wildman–Crippen MR) is 55.3 cm³/mol. The Kier molecular flexibility index (Phi) is 6.39. The minimum atomic E-state index is 0.351. The van der Waals surface area contributed by atoms with E-state index < -0.39 is 0 Å². The van der Waals surface area contributed by atoms with Crippen LogP contribution < -0.4 is 5.73 Å². The fourth-order valence-corrected chi connectivity index (χ4v) is 1.45. The van der Waals surface area contributed by atoms with Gasteiger partial charge < -0.3 is 10.6 Å². The van der Waals surface area contributed by atoms with Crippen LogP contribution in [0.4, 0.5) is 0 Å². The molecule has 0 aliphatic rings. The summed E-state index contributed by atoms with van der Waals surface area (Å²) in [5, 5.41) is 0. The van der Waals surface area contributed by atoms with Gasteiger partial charge in [-0.3, -0.25) is 0 Å². The molecule has 2 heteroatoms. The van der Waals surface area contributed by atoms with Crippen molar-refractivity contribution in [2.75, 3.05) is 14.1 Å². The van der Waals surface area contributed by atoms with E-state index >= 15 is 0 Å². The Morgan fingerprint density at radius 1 is 1.17 bits per heavy atom. The Balaban J connectivity index is 3.63. The first-order chi connectivity index (χ1) is 5.57. The van der Waals surface area contributed by atoms with E-state index in [1.807, 2.05) is 0 Å². The lowest BCUT2D eigenvalue weighted by Gasteiger charge is -2.24. The number of nitrogens with zero attached hydrogens (tertiary/aromatic N) is 1. The molecule has 0 spiro atoms. The molecule has 0 aliphatic heterocycles. The van der Waals surface area contributed by atoms with Gasteiger partial charge in [0.05, 0.1) is 0 Å². The Bertz CT molecular complexity index is 100. The van der Waals surface area contributed by atoms with Crippen LogP contribution in [-0.4, -0.2) is 31.1 Å². The highest BCUT2D eigenvalue weighted by molar-refractivity contribution is 4.67. The molecule has 0 radical (unpaired) electrons. The summed E-state index contributed by atoms with van der Waals surface area (Å²) in [6.07, 6.45) is 4.93. The van der Waals surface area contributed by atoms with Gasteiger partial charge in [0.25, 0.3) is 0 Å². The van der Waals surface area contributed by atoms with Crippen molar-refractivity contribution in [1.29, 1.82) is 0 Å². The molecule has 74 valence electrons. The maximum absolute atomic E-state index is 5.72. The van der Waals surface area contributed by atoms with Gasteiger partial charge in [-0.15, -0.1) is 0 Å². The number of nitrogens with two attached hydrogens (primary N) is 1. The smallest absolute Gasteiger partial charge is 0.00896 e. The van der Waals surface area contributed by atoms with Crippen molar-refractivity contribution < 1.29 is 0 Å². The molecule has 0 fully saturated rings. The van der Waals surface area contributed by atoms with E-state index in [0.717, 1.165) is 12.5 Å². The molecule has 0 saturated carbocycles. The zero-order chi connectivity index (χ0) is 9.56. The summed E-state index contributed by atoms with van der Waals surface area (Å²) in [5.74, 6) is 0. The highest BCUT2D eigenvalue weighted by Crippen LogP contribution is 2.10. The van der Waals surface area contributed by atoms with E-state index in [-0.39, 0.29) is 0 Å². The van der Waals surface area contributed by atoms with Gasteiger partial charge in [0.1, 0.15) is 0 Å². The van der Waals surface area contributed by atoms with Gasteiger partial charge in [-0.05, 0) is 40.3 Å². The number of hydrogen-bond donors (Lipinski definition) is 1. The van der Waals surface area contributed by atoms with E-state index in [4.69, 9.17) is 5.73 Å². The molecule has 0 bridgehead atoms. The van der Waals surface area contributed by atoms with Crippen molar-refractivity contribution in [2.45, 2.75) is 51.6 Å². The molecule has 0 rings (SSSR count). The molecular formula is C10H24N2. The maximum atomic E-state index is 5.72. The van der Waals surface area contributed by atoms with Gasteiger partial charge in [0.15, 0.2) is 0 Å². The van der Waals surface area contributed by atoms with Gasteiger partial charge in [0, 0.05) is 12.1 Å². The van der Waals surface area contributed by atoms with Crippen LogP contribution >= 0.6 is 0 Å². The van der Waals surface area contributed by atoms with Crippen molar-refractivity contribution in [3.63, 3.8) is 0 Å². The van der Waals surface area contributed by atoms with Crippen LogP contribution in [-0.2, 0) is 0 Å². The third-order valence-corrected chi connectivity index (χ3v) is 2.31. The third-order valence-electron chi connectivity index (χ3n) is 2.31. The molecule has 2 N–H and O–H groups in total. The second-order valence-electron chi connectivity index (χ2n) is 3.96. The summed E-state index contributed by atoms with van der Waals surface area (Å²) in [4.78, 5) is 2.31. The van der Waals surface area contributed by atoms with E-state index in [0.29, 0.717) is 6.04 Å². The summed E-state index contributed by atoms with van der Waals surface area (Å²) in [5.41, 5.74) is 5.72. The van der Waals surface area contributed by atoms with Crippen LogP contribution in [0.5, 0.6) is 0 Å². The van der Waals surface area contributed by atoms with Crippen molar-refractivity contribution in [2.24, 2.45) is 5.73 Å². The molecule has 2 atom stereocenters. The van der Waals surface area contributed by atoms with Crippen LogP contribution in [0.3, 0.4) is 0 Å². The Hall–Kier alpha value is -0.0800. The van der Waals surface area contributed by atoms with Crippen LogP contribution in [0.2, 0.25) is 0 Å². The molecule has 0 aromatic rings. The quantitative estimate of drug-likeness (QED) is 0.662. The van der Waals surface area contributed by atoms with E-state index in [1.54, 1.807) is 0 Å². The molecule has 0 amide bonds. The summed E-state index contributed by atoms with van der Waals surface area (Å²) in [6.45, 7) is 4.32. The number of hydrogen-bond acceptors (Lipinski definition) is 2. The van der Waals surface area contributed by atoms with E-state index in [2.05, 4.69) is 32.8 Å². The predicted octanol–water partition coefficient (Wildman–Crippen LogP) is 1.84. The average Bonchev–Trinajstić information content (AvgIpc) is 1.96. The molecule has 2 nitrogen and oxygen atoms in total. The molecule has 0 aromatic carbocycles. The second kappa shape index (κ2) is 6.44. The van der Waals surface area contributed by atoms with E-state index in [9.17, 15) is 0 Å². The fraction of sp³-hybridized carbons (Fsp3) is 1.00. The Morgan fingerprint density at radius 3 is 2.08 bits per heavy atom. The fourth-order valence-electron chi connectivity index (χ4n) is 1.45. The minimum Gasteiger partial charge on any atom is -0.328 e. The van der Waals surface area contributed by atoms with Crippen molar-refractivity contribution in [1.82, 2.24) is 4.90 Å². The summed E-state index contributed by atoms with van der Waals surface area (Å²) < 4.78 is 0. The van der Waals surface area contributed by atoms with Crippen LogP contribution in [0, 0.1) is 0 Å². The number of rotatable bonds is 6. The lowest BCUT2D eigenvalue weighted by atomic mass is 10.0. The molecule has 0 aliphatic carbocycles. The molecule has 0 saturated heterocycles. The van der Waals surface area contributed by atoms with Crippen molar-refractivity contribution in [3.05, 3.63) is 0 Å².